The molecule has 0 spiro atoms. The molecule has 1 aliphatic carbocycles. The molecule has 1 unspecified atom stereocenters. The summed E-state index contributed by atoms with van der Waals surface area (Å²) in [5, 5.41) is 0. The fourth-order valence-electron chi connectivity index (χ4n) is 3.21. The van der Waals surface area contributed by atoms with E-state index < -0.39 is 48.7 Å². The maximum atomic E-state index is 12.7. The number of alkyl halides is 6. The number of benzene rings is 2. The summed E-state index contributed by atoms with van der Waals surface area (Å²) in [6, 6.07) is 8.46. The van der Waals surface area contributed by atoms with E-state index in [2.05, 4.69) is 8.37 Å². The summed E-state index contributed by atoms with van der Waals surface area (Å²) in [6.45, 7) is 0. The van der Waals surface area contributed by atoms with Crippen molar-refractivity contribution in [3.05, 3.63) is 59.2 Å². The molecular weight excluding hydrogens is 478 g/mol. The fourth-order valence-corrected chi connectivity index (χ4v) is 4.16. The molecule has 1 atom stereocenters. The molecule has 0 aromatic heterocycles. The SMILES string of the molecule is O=S(=O)(Oc1ccccc1C1CCc2cccc(OS(=O)(=O)C(F)(F)F)c21)C(F)(F)F. The first-order valence-electron chi connectivity index (χ1n) is 8.36. The minimum absolute atomic E-state index is 0.0178. The number of aryl methyl sites for hydroxylation is 1. The topological polar surface area (TPSA) is 86.7 Å². The van der Waals surface area contributed by atoms with Crippen molar-refractivity contribution in [1.82, 2.24) is 0 Å². The molecule has 0 saturated carbocycles. The molecule has 6 nitrogen and oxygen atoms in total. The van der Waals surface area contributed by atoms with Crippen molar-refractivity contribution in [2.45, 2.75) is 29.8 Å². The number of halogens is 6. The van der Waals surface area contributed by atoms with Crippen LogP contribution in [0.1, 0.15) is 29.0 Å². The second kappa shape index (κ2) is 7.58. The minimum Gasteiger partial charge on any atom is -0.376 e. The molecule has 170 valence electrons. The maximum Gasteiger partial charge on any atom is 0.534 e. The highest BCUT2D eigenvalue weighted by Gasteiger charge is 2.50. The van der Waals surface area contributed by atoms with Crippen LogP contribution in [0.3, 0.4) is 0 Å². The zero-order valence-corrected chi connectivity index (χ0v) is 16.7. The molecule has 0 amide bonds. The van der Waals surface area contributed by atoms with Crippen molar-refractivity contribution in [3.8, 4) is 11.5 Å². The summed E-state index contributed by atoms with van der Waals surface area (Å²) in [6.07, 6.45) is 0.359. The van der Waals surface area contributed by atoms with Crippen LogP contribution < -0.4 is 8.37 Å². The van der Waals surface area contributed by atoms with E-state index in [4.69, 9.17) is 0 Å². The van der Waals surface area contributed by atoms with Gasteiger partial charge in [0.05, 0.1) is 0 Å². The molecule has 0 radical (unpaired) electrons. The van der Waals surface area contributed by atoms with Crippen LogP contribution in [0.5, 0.6) is 11.5 Å². The van der Waals surface area contributed by atoms with Gasteiger partial charge in [0.15, 0.2) is 0 Å². The molecule has 0 aliphatic heterocycles. The Hall–Kier alpha value is -2.48. The lowest BCUT2D eigenvalue weighted by Gasteiger charge is -2.20. The highest BCUT2D eigenvalue weighted by Crippen LogP contribution is 2.47. The number of hydrogen-bond donors (Lipinski definition) is 0. The predicted molar refractivity (Wildman–Crippen MR) is 94.3 cm³/mol. The molecule has 1 aliphatic rings. The molecule has 0 N–H and O–H groups in total. The normalized spacial score (nSPS) is 17.3. The molecule has 0 bridgehead atoms. The van der Waals surface area contributed by atoms with Crippen molar-refractivity contribution in [3.63, 3.8) is 0 Å². The van der Waals surface area contributed by atoms with Crippen LogP contribution in [0.2, 0.25) is 0 Å². The summed E-state index contributed by atoms with van der Waals surface area (Å²) in [4.78, 5) is 0. The Labute approximate surface area is 172 Å². The first kappa shape index (κ1) is 23.2. The Kier molecular flexibility index (Phi) is 5.67. The lowest BCUT2D eigenvalue weighted by atomic mass is 9.92. The van der Waals surface area contributed by atoms with Crippen LogP contribution in [0.25, 0.3) is 0 Å². The van der Waals surface area contributed by atoms with Gasteiger partial charge in [-0.3, -0.25) is 0 Å². The lowest BCUT2D eigenvalue weighted by molar-refractivity contribution is -0.0504. The van der Waals surface area contributed by atoms with Crippen molar-refractivity contribution < 1.29 is 51.5 Å². The Morgan fingerprint density at radius 2 is 1.26 bits per heavy atom. The van der Waals surface area contributed by atoms with E-state index in [0.717, 1.165) is 12.1 Å². The van der Waals surface area contributed by atoms with Gasteiger partial charge >= 0.3 is 31.3 Å². The molecule has 14 heteroatoms. The molecule has 2 aromatic rings. The quantitative estimate of drug-likeness (QED) is 0.355. The number of hydrogen-bond acceptors (Lipinski definition) is 6. The highest BCUT2D eigenvalue weighted by molar-refractivity contribution is 7.88. The van der Waals surface area contributed by atoms with E-state index in [1.54, 1.807) is 0 Å². The lowest BCUT2D eigenvalue weighted by Crippen LogP contribution is -2.29. The maximum absolute atomic E-state index is 12.7. The van der Waals surface area contributed by atoms with E-state index in [1.807, 2.05) is 0 Å². The van der Waals surface area contributed by atoms with Gasteiger partial charge in [0.2, 0.25) is 0 Å². The minimum atomic E-state index is -6.01. The van der Waals surface area contributed by atoms with Crippen LogP contribution in [-0.2, 0) is 26.7 Å². The van der Waals surface area contributed by atoms with Crippen molar-refractivity contribution in [2.24, 2.45) is 0 Å². The van der Waals surface area contributed by atoms with Crippen LogP contribution >= 0.6 is 0 Å². The number of rotatable bonds is 5. The second-order valence-electron chi connectivity index (χ2n) is 6.42. The van der Waals surface area contributed by atoms with Gasteiger partial charge in [0, 0.05) is 17.0 Å². The van der Waals surface area contributed by atoms with Gasteiger partial charge in [-0.05, 0) is 30.5 Å². The Morgan fingerprint density at radius 1 is 0.742 bits per heavy atom. The Morgan fingerprint density at radius 3 is 1.84 bits per heavy atom. The van der Waals surface area contributed by atoms with Gasteiger partial charge in [-0.2, -0.15) is 43.2 Å². The van der Waals surface area contributed by atoms with Gasteiger partial charge in [-0.25, -0.2) is 0 Å². The average Bonchev–Trinajstić information content (AvgIpc) is 3.05. The summed E-state index contributed by atoms with van der Waals surface area (Å²) in [7, 11) is -12.0. The van der Waals surface area contributed by atoms with E-state index in [9.17, 15) is 43.2 Å². The van der Waals surface area contributed by atoms with E-state index in [0.29, 0.717) is 5.56 Å². The monoisotopic (exact) mass is 490 g/mol. The zero-order chi connectivity index (χ0) is 23.2. The fraction of sp³-hybridized carbons (Fsp3) is 0.294. The van der Waals surface area contributed by atoms with Crippen LogP contribution in [-0.4, -0.2) is 27.9 Å². The van der Waals surface area contributed by atoms with Gasteiger partial charge < -0.3 is 8.37 Å². The zero-order valence-electron chi connectivity index (χ0n) is 15.1. The molecule has 31 heavy (non-hydrogen) atoms. The van der Waals surface area contributed by atoms with E-state index in [1.165, 1.54) is 30.3 Å². The van der Waals surface area contributed by atoms with Crippen molar-refractivity contribution in [2.75, 3.05) is 0 Å². The van der Waals surface area contributed by atoms with Gasteiger partial charge in [0.25, 0.3) is 0 Å². The second-order valence-corrected chi connectivity index (χ2v) is 9.50. The Bertz CT molecular complexity index is 1200. The summed E-state index contributed by atoms with van der Waals surface area (Å²) in [5.41, 5.74) is -11.1. The first-order chi connectivity index (χ1) is 14.1. The third-order valence-electron chi connectivity index (χ3n) is 4.47. The third-order valence-corrected chi connectivity index (χ3v) is 6.40. The van der Waals surface area contributed by atoms with E-state index in [-0.39, 0.29) is 24.0 Å². The molecule has 0 heterocycles. The van der Waals surface area contributed by atoms with Gasteiger partial charge in [-0.1, -0.05) is 30.3 Å². The third kappa shape index (κ3) is 4.44. The molecule has 0 saturated heterocycles. The van der Waals surface area contributed by atoms with Crippen LogP contribution in [0.4, 0.5) is 26.3 Å². The van der Waals surface area contributed by atoms with E-state index >= 15 is 0 Å². The predicted octanol–water partition coefficient (Wildman–Crippen LogP) is 4.22. The summed E-state index contributed by atoms with van der Waals surface area (Å²) >= 11 is 0. The van der Waals surface area contributed by atoms with Gasteiger partial charge in [0.1, 0.15) is 11.5 Å². The average molecular weight is 490 g/mol. The van der Waals surface area contributed by atoms with Crippen LogP contribution in [0, 0.1) is 0 Å². The molecular formula is C17H12F6O6S2. The first-order valence-corrected chi connectivity index (χ1v) is 11.2. The standard InChI is InChI=1S/C17H12F6O6S2/c18-16(19,20)30(24,25)28-13-6-2-1-5-11(13)12-9-8-10-4-3-7-14(15(10)12)29-31(26,27)17(21,22)23/h1-7,12H,8-9H2. The Balaban J connectivity index is 2.08. The highest BCUT2D eigenvalue weighted by atomic mass is 32.2. The van der Waals surface area contributed by atoms with Crippen molar-refractivity contribution in [1.29, 1.82) is 0 Å². The molecule has 0 fully saturated rings. The summed E-state index contributed by atoms with van der Waals surface area (Å²) < 4.78 is 131. The van der Waals surface area contributed by atoms with Crippen LogP contribution in [0.15, 0.2) is 42.5 Å². The number of fused-ring (bicyclic) bond motifs is 1. The summed E-state index contributed by atoms with van der Waals surface area (Å²) in [5.74, 6) is -2.33. The largest absolute Gasteiger partial charge is 0.534 e. The molecule has 2 aromatic carbocycles. The molecule has 3 rings (SSSR count). The smallest absolute Gasteiger partial charge is 0.376 e. The number of para-hydroxylation sites is 1. The van der Waals surface area contributed by atoms with Crippen molar-refractivity contribution >= 4 is 20.2 Å². The van der Waals surface area contributed by atoms with Gasteiger partial charge in [-0.15, -0.1) is 0 Å².